The predicted molar refractivity (Wildman–Crippen MR) is 106 cm³/mol. The van der Waals surface area contributed by atoms with Crippen LogP contribution in [0.5, 0.6) is 17.2 Å². The first-order chi connectivity index (χ1) is 13.2. The number of H-pyrrole nitrogens is 1. The fraction of sp³-hybridized carbons (Fsp3) is 0.364. The molecule has 1 aliphatic heterocycles. The van der Waals surface area contributed by atoms with Crippen molar-refractivity contribution in [3.05, 3.63) is 53.2 Å². The van der Waals surface area contributed by atoms with E-state index in [0.29, 0.717) is 6.61 Å². The largest absolute Gasteiger partial charge is 1.00 e. The average Bonchev–Trinajstić information content (AvgIpc) is 3.10. The van der Waals surface area contributed by atoms with Crippen molar-refractivity contribution in [2.45, 2.75) is 25.8 Å². The summed E-state index contributed by atoms with van der Waals surface area (Å²) < 4.78 is 16.8. The molecular weight excluding hydrogens is 376 g/mol. The van der Waals surface area contributed by atoms with Gasteiger partial charge in [-0.25, -0.2) is 0 Å². The van der Waals surface area contributed by atoms with E-state index in [2.05, 4.69) is 41.5 Å². The highest BCUT2D eigenvalue weighted by Crippen LogP contribution is 2.35. The molecule has 1 unspecified atom stereocenters. The molecule has 0 radical (unpaired) electrons. The van der Waals surface area contributed by atoms with Crippen molar-refractivity contribution in [2.75, 3.05) is 27.4 Å². The summed E-state index contributed by atoms with van der Waals surface area (Å²) in [5, 5.41) is 3.65. The van der Waals surface area contributed by atoms with Crippen LogP contribution in [-0.4, -0.2) is 32.4 Å². The van der Waals surface area contributed by atoms with Crippen LogP contribution >= 0.6 is 0 Å². The number of rotatable bonds is 6. The molecule has 5 nitrogen and oxygen atoms in total. The molecule has 1 aromatic heterocycles. The summed E-state index contributed by atoms with van der Waals surface area (Å²) in [7, 11) is 3.41. The number of fused-ring (bicyclic) bond motifs is 3. The normalized spacial score (nSPS) is 15.6. The van der Waals surface area contributed by atoms with Crippen LogP contribution in [-0.2, 0) is 6.42 Å². The molecule has 4 rings (SSSR count). The number of benzene rings is 2. The van der Waals surface area contributed by atoms with Crippen molar-refractivity contribution in [3.8, 4) is 17.2 Å². The van der Waals surface area contributed by atoms with Gasteiger partial charge in [0.2, 0.25) is 0 Å². The van der Waals surface area contributed by atoms with Gasteiger partial charge in [0.05, 0.1) is 33.1 Å². The molecule has 1 atom stereocenters. The minimum atomic E-state index is 0. The van der Waals surface area contributed by atoms with E-state index in [1.54, 1.807) is 14.2 Å². The van der Waals surface area contributed by atoms with Gasteiger partial charge in [0, 0.05) is 22.9 Å². The van der Waals surface area contributed by atoms with E-state index in [4.69, 9.17) is 14.2 Å². The first-order valence-electron chi connectivity index (χ1n) is 9.57. The van der Waals surface area contributed by atoms with Gasteiger partial charge in [-0.1, -0.05) is 6.92 Å². The Kier molecular flexibility index (Phi) is 6.37. The average molecular weight is 403 g/mol. The third-order valence-electron chi connectivity index (χ3n) is 5.26. The minimum Gasteiger partial charge on any atom is -1.00 e. The summed E-state index contributed by atoms with van der Waals surface area (Å²) in [5.74, 6) is 2.49. The molecule has 3 N–H and O–H groups in total. The molecule has 0 bridgehead atoms. The van der Waals surface area contributed by atoms with E-state index in [1.165, 1.54) is 22.2 Å². The maximum atomic E-state index is 5.81. The number of methoxy groups -OCH3 is 2. The van der Waals surface area contributed by atoms with Crippen LogP contribution < -0.4 is 31.9 Å². The van der Waals surface area contributed by atoms with Crippen LogP contribution in [0.2, 0.25) is 0 Å². The summed E-state index contributed by atoms with van der Waals surface area (Å²) in [6.07, 6.45) is 2.02. The Morgan fingerprint density at radius 2 is 1.93 bits per heavy atom. The van der Waals surface area contributed by atoms with Gasteiger partial charge in [0.15, 0.2) is 17.5 Å². The molecule has 2 aromatic carbocycles. The molecule has 150 valence electrons. The number of ether oxygens (including phenoxy) is 3. The molecule has 0 spiro atoms. The van der Waals surface area contributed by atoms with Gasteiger partial charge in [-0.05, 0) is 48.4 Å². The van der Waals surface area contributed by atoms with Crippen LogP contribution in [0.15, 0.2) is 36.4 Å². The first kappa shape index (κ1) is 20.4. The van der Waals surface area contributed by atoms with E-state index < -0.39 is 0 Å². The summed E-state index contributed by atoms with van der Waals surface area (Å²) in [5.41, 5.74) is 5.04. The second-order valence-electron chi connectivity index (χ2n) is 6.94. The highest BCUT2D eigenvalue weighted by molar-refractivity contribution is 5.86. The topological polar surface area (TPSA) is 60.1 Å². The van der Waals surface area contributed by atoms with Crippen molar-refractivity contribution in [1.29, 1.82) is 0 Å². The van der Waals surface area contributed by atoms with Crippen LogP contribution in [0.4, 0.5) is 0 Å². The second-order valence-corrected chi connectivity index (χ2v) is 6.94. The lowest BCUT2D eigenvalue weighted by Crippen LogP contribution is -3.00. The summed E-state index contributed by atoms with van der Waals surface area (Å²) in [6.45, 7) is 3.85. The third kappa shape index (κ3) is 3.64. The Hall–Kier alpha value is -2.37. The predicted octanol–water partition coefficient (Wildman–Crippen LogP) is 0.187. The lowest BCUT2D eigenvalue weighted by Gasteiger charge is -2.22. The highest BCUT2D eigenvalue weighted by atomic mass is 35.5. The highest BCUT2D eigenvalue weighted by Gasteiger charge is 2.29. The van der Waals surface area contributed by atoms with E-state index in [9.17, 15) is 0 Å². The Morgan fingerprint density at radius 3 is 2.68 bits per heavy atom. The van der Waals surface area contributed by atoms with Gasteiger partial charge >= 0.3 is 0 Å². The molecule has 28 heavy (non-hydrogen) atoms. The van der Waals surface area contributed by atoms with Crippen LogP contribution in [0.1, 0.15) is 36.2 Å². The van der Waals surface area contributed by atoms with Gasteiger partial charge in [0.1, 0.15) is 5.75 Å². The summed E-state index contributed by atoms with van der Waals surface area (Å²) in [4.78, 5) is 3.64. The number of nitrogens with one attached hydrogen (secondary N) is 1. The maximum absolute atomic E-state index is 5.81. The number of hydrogen-bond acceptors (Lipinski definition) is 3. The van der Waals surface area contributed by atoms with Gasteiger partial charge < -0.3 is 36.9 Å². The van der Waals surface area contributed by atoms with Crippen molar-refractivity contribution in [3.63, 3.8) is 0 Å². The van der Waals surface area contributed by atoms with Crippen LogP contribution in [0.25, 0.3) is 10.9 Å². The Labute approximate surface area is 171 Å². The monoisotopic (exact) mass is 402 g/mol. The zero-order chi connectivity index (χ0) is 18.8. The SMILES string of the molecule is CCCOc1ccc(C2[NH2+]CCc3c2[nH]c2ccc(OC)cc32)cc1OC.[Cl-]. The Bertz CT molecular complexity index is 954. The van der Waals surface area contributed by atoms with Crippen molar-refractivity contribution < 1.29 is 31.9 Å². The summed E-state index contributed by atoms with van der Waals surface area (Å²) >= 11 is 0. The first-order valence-corrected chi connectivity index (χ1v) is 9.57. The Morgan fingerprint density at radius 1 is 1.07 bits per heavy atom. The fourth-order valence-corrected chi connectivity index (χ4v) is 3.93. The number of quaternary nitrogens is 1. The number of halogens is 1. The summed E-state index contributed by atoms with van der Waals surface area (Å²) in [6, 6.07) is 12.7. The molecule has 3 aromatic rings. The van der Waals surface area contributed by atoms with E-state index in [1.807, 2.05) is 12.1 Å². The van der Waals surface area contributed by atoms with Crippen LogP contribution in [0.3, 0.4) is 0 Å². The van der Waals surface area contributed by atoms with Crippen LogP contribution in [0, 0.1) is 0 Å². The van der Waals surface area contributed by atoms with Crippen molar-refractivity contribution >= 4 is 10.9 Å². The quantitative estimate of drug-likeness (QED) is 0.618. The smallest absolute Gasteiger partial charge is 0.161 e. The molecular formula is C22H27ClN2O3. The third-order valence-corrected chi connectivity index (χ3v) is 5.26. The molecule has 2 heterocycles. The van der Waals surface area contributed by atoms with Crippen molar-refractivity contribution in [2.24, 2.45) is 0 Å². The minimum absolute atomic E-state index is 0. The van der Waals surface area contributed by atoms with E-state index >= 15 is 0 Å². The molecule has 1 aliphatic rings. The fourth-order valence-electron chi connectivity index (χ4n) is 3.93. The van der Waals surface area contributed by atoms with E-state index in [-0.39, 0.29) is 18.4 Å². The lowest BCUT2D eigenvalue weighted by atomic mass is 9.94. The molecule has 0 saturated carbocycles. The number of nitrogens with two attached hydrogens (primary N) is 1. The number of hydrogen-bond donors (Lipinski definition) is 2. The van der Waals surface area contributed by atoms with E-state index in [0.717, 1.165) is 42.2 Å². The Balaban J connectivity index is 0.00000225. The molecule has 0 fully saturated rings. The maximum Gasteiger partial charge on any atom is 0.161 e. The molecule has 0 aliphatic carbocycles. The number of aromatic amines is 1. The molecule has 6 heteroatoms. The molecule has 0 saturated heterocycles. The van der Waals surface area contributed by atoms with Crippen molar-refractivity contribution in [1.82, 2.24) is 4.98 Å². The lowest BCUT2D eigenvalue weighted by molar-refractivity contribution is -0.690. The van der Waals surface area contributed by atoms with Gasteiger partial charge in [-0.2, -0.15) is 0 Å². The number of aromatic nitrogens is 1. The van der Waals surface area contributed by atoms with Gasteiger partial charge in [-0.15, -0.1) is 0 Å². The zero-order valence-corrected chi connectivity index (χ0v) is 17.3. The zero-order valence-electron chi connectivity index (χ0n) is 16.5. The molecule has 0 amide bonds. The second kappa shape index (κ2) is 8.76. The van der Waals surface area contributed by atoms with Gasteiger partial charge in [0.25, 0.3) is 0 Å². The van der Waals surface area contributed by atoms with Gasteiger partial charge in [-0.3, -0.25) is 0 Å². The standard InChI is InChI=1S/C22H26N2O3.ClH/c1-4-11-27-19-8-5-14(12-20(19)26-3)21-22-16(9-10-23-21)17-13-15(25-2)6-7-18(17)24-22;/h5-8,12-13,21,23-24H,4,9-11H2,1-3H3;1H.